The molecule has 4 heteroatoms. The summed E-state index contributed by atoms with van der Waals surface area (Å²) in [6.07, 6.45) is 9.56. The fourth-order valence-electron chi connectivity index (χ4n) is 10.3. The van der Waals surface area contributed by atoms with E-state index in [9.17, 15) is 10.2 Å². The van der Waals surface area contributed by atoms with Gasteiger partial charge >= 0.3 is 0 Å². The lowest BCUT2D eigenvalue weighted by Gasteiger charge is -2.62. The van der Waals surface area contributed by atoms with E-state index >= 15 is 0 Å². The zero-order valence-corrected chi connectivity index (χ0v) is 20.1. The van der Waals surface area contributed by atoms with Crippen LogP contribution in [0.15, 0.2) is 0 Å². The fraction of sp³-hybridized carbons (Fsp3) is 1.00. The molecule has 0 amide bonds. The van der Waals surface area contributed by atoms with E-state index < -0.39 is 0 Å². The van der Waals surface area contributed by atoms with Crippen LogP contribution in [0.4, 0.5) is 0 Å². The Kier molecular flexibility index (Phi) is 4.78. The largest absolute Gasteiger partial charge is 0.393 e. The molecule has 6 rings (SSSR count). The summed E-state index contributed by atoms with van der Waals surface area (Å²) in [5, 5.41) is 21.5. The van der Waals surface area contributed by atoms with Gasteiger partial charge in [0.2, 0.25) is 0 Å². The SMILES string of the molecule is C[C@@H]1CC[C@@]2(OC1)O[C@H]1C[C@H]3[C@@H]4CC[C@H]5C[C@@H](O)C[C@H](O)[C@]5(C)[C@H]4CC[C@]3(C)[C@H]1[C@@H]2C. The highest BCUT2D eigenvalue weighted by Gasteiger charge is 2.69. The molecule has 2 saturated heterocycles. The second-order valence-corrected chi connectivity index (χ2v) is 13.2. The van der Waals surface area contributed by atoms with Gasteiger partial charge in [0, 0.05) is 12.3 Å². The topological polar surface area (TPSA) is 58.9 Å². The Hall–Kier alpha value is -0.160. The molecule has 31 heavy (non-hydrogen) atoms. The normalized spacial score (nSPS) is 63.3. The van der Waals surface area contributed by atoms with Crippen molar-refractivity contribution in [2.24, 2.45) is 52.3 Å². The fourth-order valence-corrected chi connectivity index (χ4v) is 10.3. The Morgan fingerprint density at radius 2 is 1.68 bits per heavy atom. The number of hydrogen-bond acceptors (Lipinski definition) is 4. The highest BCUT2D eigenvalue weighted by atomic mass is 16.7. The average molecular weight is 433 g/mol. The molecule has 6 fully saturated rings. The van der Waals surface area contributed by atoms with Crippen molar-refractivity contribution in [2.45, 2.75) is 110 Å². The zero-order valence-electron chi connectivity index (χ0n) is 20.1. The van der Waals surface area contributed by atoms with Gasteiger partial charge in [0.1, 0.15) is 0 Å². The maximum atomic E-state index is 11.2. The van der Waals surface area contributed by atoms with Crippen LogP contribution in [0, 0.1) is 52.3 Å². The van der Waals surface area contributed by atoms with Crippen LogP contribution in [-0.4, -0.2) is 40.9 Å². The lowest BCUT2D eigenvalue weighted by molar-refractivity contribution is -0.273. The third-order valence-corrected chi connectivity index (χ3v) is 12.0. The molecular weight excluding hydrogens is 388 g/mol. The van der Waals surface area contributed by atoms with Gasteiger partial charge in [0.05, 0.1) is 24.9 Å². The number of rotatable bonds is 0. The maximum Gasteiger partial charge on any atom is 0.171 e. The molecule has 4 aliphatic carbocycles. The number of fused-ring (bicyclic) bond motifs is 7. The van der Waals surface area contributed by atoms with E-state index in [0.717, 1.165) is 19.4 Å². The summed E-state index contributed by atoms with van der Waals surface area (Å²) < 4.78 is 13.3. The molecule has 0 aromatic heterocycles. The summed E-state index contributed by atoms with van der Waals surface area (Å²) in [6.45, 7) is 10.5. The number of ether oxygens (including phenoxy) is 2. The van der Waals surface area contributed by atoms with Crippen LogP contribution in [-0.2, 0) is 9.47 Å². The molecule has 0 aromatic carbocycles. The van der Waals surface area contributed by atoms with Crippen LogP contribution in [0.3, 0.4) is 0 Å². The van der Waals surface area contributed by atoms with E-state index in [0.29, 0.717) is 59.4 Å². The van der Waals surface area contributed by atoms with Crippen LogP contribution in [0.2, 0.25) is 0 Å². The summed E-state index contributed by atoms with van der Waals surface area (Å²) in [7, 11) is 0. The number of aliphatic hydroxyl groups excluding tert-OH is 2. The predicted octanol–water partition coefficient (Wildman–Crippen LogP) is 4.76. The molecule has 0 bridgehead atoms. The van der Waals surface area contributed by atoms with Gasteiger partial charge in [-0.25, -0.2) is 0 Å². The molecule has 176 valence electrons. The molecule has 0 unspecified atom stereocenters. The Bertz CT molecular complexity index is 716. The summed E-state index contributed by atoms with van der Waals surface area (Å²) in [6, 6.07) is 0. The van der Waals surface area contributed by atoms with E-state index in [1.807, 2.05) is 0 Å². The van der Waals surface area contributed by atoms with Gasteiger partial charge < -0.3 is 19.7 Å². The van der Waals surface area contributed by atoms with Crippen LogP contribution < -0.4 is 0 Å². The second-order valence-electron chi connectivity index (χ2n) is 13.2. The maximum absolute atomic E-state index is 11.2. The van der Waals surface area contributed by atoms with Gasteiger partial charge in [-0.05, 0) is 97.7 Å². The summed E-state index contributed by atoms with van der Waals surface area (Å²) in [5.74, 6) is 3.89. The molecule has 2 N–H and O–H groups in total. The molecule has 13 atom stereocenters. The molecule has 2 heterocycles. The first kappa shape index (κ1) is 21.4. The molecular formula is C27H44O4. The van der Waals surface area contributed by atoms with Crippen molar-refractivity contribution >= 4 is 0 Å². The Morgan fingerprint density at radius 1 is 0.871 bits per heavy atom. The third kappa shape index (κ3) is 2.74. The average Bonchev–Trinajstić information content (AvgIpc) is 3.16. The van der Waals surface area contributed by atoms with Crippen molar-refractivity contribution in [3.05, 3.63) is 0 Å². The lowest BCUT2D eigenvalue weighted by atomic mass is 9.43. The molecule has 2 aliphatic heterocycles. The second kappa shape index (κ2) is 6.93. The van der Waals surface area contributed by atoms with E-state index in [1.165, 1.54) is 38.5 Å². The van der Waals surface area contributed by atoms with Crippen LogP contribution in [0.25, 0.3) is 0 Å². The van der Waals surface area contributed by atoms with Gasteiger partial charge in [-0.2, -0.15) is 0 Å². The van der Waals surface area contributed by atoms with Crippen LogP contribution in [0.5, 0.6) is 0 Å². The van der Waals surface area contributed by atoms with Crippen LogP contribution in [0.1, 0.15) is 85.5 Å². The van der Waals surface area contributed by atoms with Crippen molar-refractivity contribution in [1.82, 2.24) is 0 Å². The third-order valence-electron chi connectivity index (χ3n) is 12.0. The van der Waals surface area contributed by atoms with Gasteiger partial charge in [-0.15, -0.1) is 0 Å². The first-order chi connectivity index (χ1) is 14.7. The standard InChI is InChI=1S/C27H44O4/c1-15-7-10-27(30-14-15)16(2)24-22(31-27)13-21-19-6-5-17-11-18(28)12-23(29)26(17,4)20(19)8-9-25(21,24)3/h15-24,28-29H,5-14H2,1-4H3/t15-,16+,17+,18-,19-,20+,21+,22+,23+,24+,25+,26+,27-/m1/s1. The number of aliphatic hydroxyl groups is 2. The van der Waals surface area contributed by atoms with Gasteiger partial charge in [-0.3, -0.25) is 0 Å². The van der Waals surface area contributed by atoms with Crippen LogP contribution >= 0.6 is 0 Å². The highest BCUT2D eigenvalue weighted by molar-refractivity contribution is 5.16. The summed E-state index contributed by atoms with van der Waals surface area (Å²) >= 11 is 0. The van der Waals surface area contributed by atoms with Crippen molar-refractivity contribution in [1.29, 1.82) is 0 Å². The van der Waals surface area contributed by atoms with Crippen molar-refractivity contribution in [3.8, 4) is 0 Å². The smallest absolute Gasteiger partial charge is 0.171 e. The molecule has 0 radical (unpaired) electrons. The first-order valence-electron chi connectivity index (χ1n) is 13.4. The summed E-state index contributed by atoms with van der Waals surface area (Å²) in [5.41, 5.74) is 0.320. The highest BCUT2D eigenvalue weighted by Crippen LogP contribution is 2.71. The molecule has 0 aromatic rings. The zero-order chi connectivity index (χ0) is 21.8. The van der Waals surface area contributed by atoms with Crippen molar-refractivity contribution in [2.75, 3.05) is 6.61 Å². The quantitative estimate of drug-likeness (QED) is 0.579. The molecule has 4 saturated carbocycles. The minimum absolute atomic E-state index is 0.0164. The Balaban J connectivity index is 1.27. The minimum Gasteiger partial charge on any atom is -0.393 e. The monoisotopic (exact) mass is 432 g/mol. The van der Waals surface area contributed by atoms with Gasteiger partial charge in [0.25, 0.3) is 0 Å². The molecule has 1 spiro atoms. The summed E-state index contributed by atoms with van der Waals surface area (Å²) in [4.78, 5) is 0. The van der Waals surface area contributed by atoms with Gasteiger partial charge in [0.15, 0.2) is 5.79 Å². The number of hydrogen-bond donors (Lipinski definition) is 2. The predicted molar refractivity (Wildman–Crippen MR) is 119 cm³/mol. The first-order valence-corrected chi connectivity index (χ1v) is 13.4. The Labute approximate surface area is 188 Å². The van der Waals surface area contributed by atoms with E-state index in [-0.39, 0.29) is 23.4 Å². The van der Waals surface area contributed by atoms with E-state index in [2.05, 4.69) is 27.7 Å². The van der Waals surface area contributed by atoms with Gasteiger partial charge in [-0.1, -0.05) is 27.7 Å². The minimum atomic E-state index is -0.351. The molecule has 6 aliphatic rings. The van der Waals surface area contributed by atoms with E-state index in [4.69, 9.17) is 9.47 Å². The molecule has 4 nitrogen and oxygen atoms in total. The van der Waals surface area contributed by atoms with Crippen molar-refractivity contribution < 1.29 is 19.7 Å². The Morgan fingerprint density at radius 3 is 2.42 bits per heavy atom. The van der Waals surface area contributed by atoms with Crippen molar-refractivity contribution in [3.63, 3.8) is 0 Å². The van der Waals surface area contributed by atoms with E-state index in [1.54, 1.807) is 0 Å². The lowest BCUT2D eigenvalue weighted by Crippen LogP contribution is -2.59.